The standard InChI is InChI=1S/C14H20N2O3/c1-4-5-11(13(17)18)15-14(19)16-12-8-9(2)6-7-10(12)3/h6-8,11H,4-5H2,1-3H3,(H,17,18)(H2,15,16,19)/t11-/m1/s1. The maximum Gasteiger partial charge on any atom is 0.326 e. The Balaban J connectivity index is 2.68. The second-order valence-corrected chi connectivity index (χ2v) is 4.60. The summed E-state index contributed by atoms with van der Waals surface area (Å²) >= 11 is 0. The van der Waals surface area contributed by atoms with E-state index in [0.717, 1.165) is 11.1 Å². The Morgan fingerprint density at radius 1 is 1.32 bits per heavy atom. The smallest absolute Gasteiger partial charge is 0.326 e. The Labute approximate surface area is 113 Å². The van der Waals surface area contributed by atoms with Gasteiger partial charge in [0.15, 0.2) is 0 Å². The number of carboxylic acid groups (broad SMARTS) is 1. The van der Waals surface area contributed by atoms with Crippen LogP contribution in [-0.4, -0.2) is 23.1 Å². The molecule has 0 saturated carbocycles. The molecule has 5 nitrogen and oxygen atoms in total. The number of benzene rings is 1. The molecule has 0 unspecified atom stereocenters. The molecule has 0 radical (unpaired) electrons. The van der Waals surface area contributed by atoms with Crippen LogP contribution in [0.2, 0.25) is 0 Å². The van der Waals surface area contributed by atoms with Crippen LogP contribution in [0.3, 0.4) is 0 Å². The number of nitrogens with one attached hydrogen (secondary N) is 2. The van der Waals surface area contributed by atoms with Gasteiger partial charge in [-0.25, -0.2) is 9.59 Å². The highest BCUT2D eigenvalue weighted by Gasteiger charge is 2.18. The van der Waals surface area contributed by atoms with E-state index in [1.165, 1.54) is 0 Å². The van der Waals surface area contributed by atoms with E-state index >= 15 is 0 Å². The van der Waals surface area contributed by atoms with Crippen LogP contribution in [0.1, 0.15) is 30.9 Å². The molecule has 2 amide bonds. The molecule has 104 valence electrons. The number of aryl methyl sites for hydroxylation is 2. The summed E-state index contributed by atoms with van der Waals surface area (Å²) in [4.78, 5) is 22.7. The fourth-order valence-electron chi connectivity index (χ4n) is 1.73. The van der Waals surface area contributed by atoms with Crippen molar-refractivity contribution in [2.45, 2.75) is 39.7 Å². The molecule has 0 aromatic heterocycles. The largest absolute Gasteiger partial charge is 0.480 e. The lowest BCUT2D eigenvalue weighted by molar-refractivity contribution is -0.139. The lowest BCUT2D eigenvalue weighted by Crippen LogP contribution is -2.42. The van der Waals surface area contributed by atoms with Crippen molar-refractivity contribution >= 4 is 17.7 Å². The molecule has 0 heterocycles. The van der Waals surface area contributed by atoms with E-state index in [2.05, 4.69) is 10.6 Å². The molecule has 0 aliphatic carbocycles. The van der Waals surface area contributed by atoms with Crippen LogP contribution in [0.25, 0.3) is 0 Å². The summed E-state index contributed by atoms with van der Waals surface area (Å²) in [7, 11) is 0. The van der Waals surface area contributed by atoms with Crippen LogP contribution >= 0.6 is 0 Å². The highest BCUT2D eigenvalue weighted by molar-refractivity contribution is 5.92. The van der Waals surface area contributed by atoms with Crippen molar-refractivity contribution in [2.24, 2.45) is 0 Å². The number of hydrogen-bond acceptors (Lipinski definition) is 2. The first kappa shape index (κ1) is 15.0. The van der Waals surface area contributed by atoms with Gasteiger partial charge < -0.3 is 15.7 Å². The summed E-state index contributed by atoms with van der Waals surface area (Å²) in [6.45, 7) is 5.69. The van der Waals surface area contributed by atoms with Crippen molar-refractivity contribution in [3.05, 3.63) is 29.3 Å². The summed E-state index contributed by atoms with van der Waals surface area (Å²) in [5.74, 6) is -1.02. The third kappa shape index (κ3) is 4.62. The highest BCUT2D eigenvalue weighted by atomic mass is 16.4. The Kier molecular flexibility index (Phi) is 5.36. The first-order chi connectivity index (χ1) is 8.93. The van der Waals surface area contributed by atoms with Gasteiger partial charge in [0.25, 0.3) is 0 Å². The van der Waals surface area contributed by atoms with Gasteiger partial charge in [0.2, 0.25) is 0 Å². The normalized spacial score (nSPS) is 11.7. The molecule has 1 aromatic rings. The minimum Gasteiger partial charge on any atom is -0.480 e. The molecule has 0 bridgehead atoms. The van der Waals surface area contributed by atoms with E-state index in [1.54, 1.807) is 0 Å². The number of carbonyl (C=O) groups is 2. The molecule has 0 spiro atoms. The van der Waals surface area contributed by atoms with Gasteiger partial charge in [-0.1, -0.05) is 25.5 Å². The molecule has 5 heteroatoms. The third-order valence-corrected chi connectivity index (χ3v) is 2.82. The van der Waals surface area contributed by atoms with Crippen molar-refractivity contribution in [2.75, 3.05) is 5.32 Å². The maximum absolute atomic E-state index is 11.8. The zero-order valence-corrected chi connectivity index (χ0v) is 11.5. The van der Waals surface area contributed by atoms with Gasteiger partial charge in [-0.05, 0) is 37.5 Å². The Bertz CT molecular complexity index is 472. The van der Waals surface area contributed by atoms with Crippen LogP contribution < -0.4 is 10.6 Å². The first-order valence-electron chi connectivity index (χ1n) is 6.31. The van der Waals surface area contributed by atoms with Gasteiger partial charge in [-0.3, -0.25) is 0 Å². The number of hydrogen-bond donors (Lipinski definition) is 3. The Morgan fingerprint density at radius 3 is 2.58 bits per heavy atom. The molecule has 1 aromatic carbocycles. The average molecular weight is 264 g/mol. The number of amides is 2. The zero-order chi connectivity index (χ0) is 14.4. The second-order valence-electron chi connectivity index (χ2n) is 4.60. The molecule has 0 fully saturated rings. The van der Waals surface area contributed by atoms with Gasteiger partial charge in [0.05, 0.1) is 0 Å². The second kappa shape index (κ2) is 6.78. The fraction of sp³-hybridized carbons (Fsp3) is 0.429. The minimum atomic E-state index is -1.02. The summed E-state index contributed by atoms with van der Waals surface area (Å²) in [5, 5.41) is 14.1. The number of urea groups is 1. The van der Waals surface area contributed by atoms with Gasteiger partial charge in [0, 0.05) is 5.69 Å². The Morgan fingerprint density at radius 2 is 2.00 bits per heavy atom. The van der Waals surface area contributed by atoms with Crippen molar-refractivity contribution in [3.8, 4) is 0 Å². The maximum atomic E-state index is 11.8. The number of carbonyl (C=O) groups excluding carboxylic acids is 1. The summed E-state index contributed by atoms with van der Waals surface area (Å²) in [6.07, 6.45) is 1.11. The lowest BCUT2D eigenvalue weighted by Gasteiger charge is -2.15. The minimum absolute atomic E-state index is 0.412. The SMILES string of the molecule is CCC[C@@H](NC(=O)Nc1cc(C)ccc1C)C(=O)O. The van der Waals surface area contributed by atoms with Crippen molar-refractivity contribution in [1.29, 1.82) is 0 Å². The molecule has 3 N–H and O–H groups in total. The summed E-state index contributed by atoms with van der Waals surface area (Å²) in [6, 6.07) is 4.37. The fourth-order valence-corrected chi connectivity index (χ4v) is 1.73. The molecular weight excluding hydrogens is 244 g/mol. The van der Waals surface area contributed by atoms with Gasteiger partial charge in [-0.2, -0.15) is 0 Å². The summed E-state index contributed by atoms with van der Waals surface area (Å²) < 4.78 is 0. The van der Waals surface area contributed by atoms with Gasteiger partial charge in [-0.15, -0.1) is 0 Å². The van der Waals surface area contributed by atoms with E-state index in [4.69, 9.17) is 5.11 Å². The quantitative estimate of drug-likeness (QED) is 0.765. The van der Waals surface area contributed by atoms with E-state index in [1.807, 2.05) is 39.0 Å². The third-order valence-electron chi connectivity index (χ3n) is 2.82. The summed E-state index contributed by atoms with van der Waals surface area (Å²) in [5.41, 5.74) is 2.66. The molecule has 0 aliphatic heterocycles. The van der Waals surface area contributed by atoms with Crippen molar-refractivity contribution in [1.82, 2.24) is 5.32 Å². The van der Waals surface area contributed by atoms with Crippen LogP contribution in [0, 0.1) is 13.8 Å². The van der Waals surface area contributed by atoms with Crippen molar-refractivity contribution in [3.63, 3.8) is 0 Å². The van der Waals surface area contributed by atoms with Crippen LogP contribution in [0.15, 0.2) is 18.2 Å². The number of carboxylic acids is 1. The van der Waals surface area contributed by atoms with Crippen molar-refractivity contribution < 1.29 is 14.7 Å². The zero-order valence-electron chi connectivity index (χ0n) is 11.5. The molecule has 0 saturated heterocycles. The van der Waals surface area contributed by atoms with Crippen LogP contribution in [0.4, 0.5) is 10.5 Å². The van der Waals surface area contributed by atoms with Gasteiger partial charge >= 0.3 is 12.0 Å². The Hall–Kier alpha value is -2.04. The lowest BCUT2D eigenvalue weighted by atomic mass is 10.1. The predicted molar refractivity (Wildman–Crippen MR) is 74.4 cm³/mol. The van der Waals surface area contributed by atoms with Crippen LogP contribution in [-0.2, 0) is 4.79 Å². The molecule has 0 aliphatic rings. The van der Waals surface area contributed by atoms with E-state index < -0.39 is 18.0 Å². The molecule has 1 atom stereocenters. The first-order valence-corrected chi connectivity index (χ1v) is 6.31. The molecule has 19 heavy (non-hydrogen) atoms. The highest BCUT2D eigenvalue weighted by Crippen LogP contribution is 2.16. The number of anilines is 1. The topological polar surface area (TPSA) is 78.4 Å². The van der Waals surface area contributed by atoms with E-state index in [-0.39, 0.29) is 0 Å². The molecule has 1 rings (SSSR count). The monoisotopic (exact) mass is 264 g/mol. The number of rotatable bonds is 5. The number of aliphatic carboxylic acids is 1. The molecular formula is C14H20N2O3. The predicted octanol–water partition coefficient (Wildman–Crippen LogP) is 2.68. The van der Waals surface area contributed by atoms with Gasteiger partial charge in [0.1, 0.15) is 6.04 Å². The average Bonchev–Trinajstić information content (AvgIpc) is 2.33. The van der Waals surface area contributed by atoms with E-state index in [9.17, 15) is 9.59 Å². The van der Waals surface area contributed by atoms with E-state index in [0.29, 0.717) is 18.5 Å². The van der Waals surface area contributed by atoms with Crippen LogP contribution in [0.5, 0.6) is 0 Å².